The smallest absolute Gasteiger partial charge is 0.230 e. The van der Waals surface area contributed by atoms with Crippen LogP contribution in [-0.2, 0) is 11.2 Å². The average Bonchev–Trinajstić information content (AvgIpc) is 3.09. The highest BCUT2D eigenvalue weighted by Gasteiger charge is 2.20. The van der Waals surface area contributed by atoms with Gasteiger partial charge in [0.1, 0.15) is 0 Å². The molecule has 3 aromatic rings. The molecule has 6 nitrogen and oxygen atoms in total. The van der Waals surface area contributed by atoms with Crippen molar-refractivity contribution < 1.29 is 4.79 Å². The molecule has 0 spiro atoms. The second kappa shape index (κ2) is 8.56. The Morgan fingerprint density at radius 3 is 2.61 bits per heavy atom. The molecule has 0 atom stereocenters. The van der Waals surface area contributed by atoms with Gasteiger partial charge in [-0.3, -0.25) is 14.3 Å². The highest BCUT2D eigenvalue weighted by molar-refractivity contribution is 7.99. The average molecular weight is 396 g/mol. The number of thioether (sulfide) groups is 1. The van der Waals surface area contributed by atoms with Crippen LogP contribution < -0.4 is 5.32 Å². The van der Waals surface area contributed by atoms with Crippen molar-refractivity contribution >= 4 is 17.7 Å². The summed E-state index contributed by atoms with van der Waals surface area (Å²) < 4.78 is 2.02. The molecule has 0 unspecified atom stereocenters. The van der Waals surface area contributed by atoms with Crippen molar-refractivity contribution in [2.45, 2.75) is 44.8 Å². The van der Waals surface area contributed by atoms with Gasteiger partial charge in [0.05, 0.1) is 11.4 Å². The van der Waals surface area contributed by atoms with Crippen molar-refractivity contribution in [1.29, 1.82) is 0 Å². The van der Waals surface area contributed by atoms with Crippen molar-refractivity contribution in [2.75, 3.05) is 5.75 Å². The highest BCUT2D eigenvalue weighted by Crippen LogP contribution is 2.29. The van der Waals surface area contributed by atoms with Crippen LogP contribution >= 0.6 is 11.8 Å². The lowest BCUT2D eigenvalue weighted by molar-refractivity contribution is -0.119. The molecule has 0 bridgehead atoms. The Labute approximate surface area is 169 Å². The van der Waals surface area contributed by atoms with Crippen LogP contribution in [0.5, 0.6) is 0 Å². The van der Waals surface area contributed by atoms with Gasteiger partial charge in [0, 0.05) is 23.5 Å². The van der Waals surface area contributed by atoms with E-state index in [0.29, 0.717) is 11.0 Å². The molecule has 0 aliphatic heterocycles. The summed E-state index contributed by atoms with van der Waals surface area (Å²) in [5.41, 5.74) is 2.83. The summed E-state index contributed by atoms with van der Waals surface area (Å²) in [6.07, 6.45) is 4.39. The van der Waals surface area contributed by atoms with Gasteiger partial charge in [0.2, 0.25) is 5.91 Å². The van der Waals surface area contributed by atoms with Crippen LogP contribution in [0.25, 0.3) is 17.1 Å². The van der Waals surface area contributed by atoms with E-state index in [1.165, 1.54) is 17.3 Å². The first-order chi connectivity index (χ1) is 13.4. The quantitative estimate of drug-likeness (QED) is 0.641. The van der Waals surface area contributed by atoms with Crippen molar-refractivity contribution in [3.05, 3.63) is 54.4 Å². The zero-order valence-corrected chi connectivity index (χ0v) is 17.5. The molecule has 1 amide bonds. The minimum absolute atomic E-state index is 0.0289. The Morgan fingerprint density at radius 2 is 1.93 bits per heavy atom. The number of amides is 1. The number of para-hydroxylation sites is 1. The summed E-state index contributed by atoms with van der Waals surface area (Å²) in [4.78, 5) is 16.5. The number of pyridine rings is 1. The lowest BCUT2D eigenvalue weighted by atomic mass is 10.1. The fraction of sp³-hybridized carbons (Fsp3) is 0.333. The topological polar surface area (TPSA) is 72.7 Å². The maximum absolute atomic E-state index is 12.3. The van der Waals surface area contributed by atoms with Gasteiger partial charge in [-0.2, -0.15) is 0 Å². The SMILES string of the molecule is CCc1ccccc1-n1c(SCC(=O)NC(C)(C)C)nnc1-c1cccnc1. The van der Waals surface area contributed by atoms with Crippen LogP contribution in [0.15, 0.2) is 53.9 Å². The number of benzene rings is 1. The minimum atomic E-state index is -0.263. The Bertz CT molecular complexity index is 947. The molecule has 1 aromatic carbocycles. The first kappa shape index (κ1) is 20.1. The Morgan fingerprint density at radius 1 is 1.14 bits per heavy atom. The maximum Gasteiger partial charge on any atom is 0.230 e. The predicted molar refractivity (Wildman–Crippen MR) is 113 cm³/mol. The zero-order chi connectivity index (χ0) is 20.1. The van der Waals surface area contributed by atoms with Gasteiger partial charge in [-0.25, -0.2) is 0 Å². The van der Waals surface area contributed by atoms with Crippen molar-refractivity contribution in [2.24, 2.45) is 0 Å². The van der Waals surface area contributed by atoms with E-state index in [2.05, 4.69) is 39.6 Å². The molecular formula is C21H25N5OS. The number of rotatable bonds is 6. The molecule has 146 valence electrons. The molecule has 7 heteroatoms. The third kappa shape index (κ3) is 4.78. The van der Waals surface area contributed by atoms with Gasteiger partial charge in [0.25, 0.3) is 0 Å². The number of hydrogen-bond acceptors (Lipinski definition) is 5. The molecule has 0 saturated carbocycles. The molecular weight excluding hydrogens is 370 g/mol. The molecule has 0 fully saturated rings. The summed E-state index contributed by atoms with van der Waals surface area (Å²) in [6, 6.07) is 12.0. The summed E-state index contributed by atoms with van der Waals surface area (Å²) in [5, 5.41) is 12.5. The minimum Gasteiger partial charge on any atom is -0.351 e. The van der Waals surface area contributed by atoms with Crippen molar-refractivity contribution in [3.8, 4) is 17.1 Å². The lowest BCUT2D eigenvalue weighted by Gasteiger charge is -2.20. The summed E-state index contributed by atoms with van der Waals surface area (Å²) >= 11 is 1.38. The number of nitrogens with zero attached hydrogens (tertiary/aromatic N) is 4. The molecule has 1 N–H and O–H groups in total. The van der Waals surface area contributed by atoms with E-state index in [4.69, 9.17) is 0 Å². The van der Waals surface area contributed by atoms with Crippen molar-refractivity contribution in [1.82, 2.24) is 25.1 Å². The molecule has 2 aromatic heterocycles. The third-order valence-corrected chi connectivity index (χ3v) is 4.94. The van der Waals surface area contributed by atoms with Crippen molar-refractivity contribution in [3.63, 3.8) is 0 Å². The second-order valence-electron chi connectivity index (χ2n) is 7.45. The molecule has 2 heterocycles. The molecule has 0 saturated heterocycles. The predicted octanol–water partition coefficient (Wildman–Crippen LogP) is 3.90. The van der Waals surface area contributed by atoms with Gasteiger partial charge >= 0.3 is 0 Å². The summed E-state index contributed by atoms with van der Waals surface area (Å²) in [5.74, 6) is 0.961. The maximum atomic E-state index is 12.3. The van der Waals surface area contributed by atoms with E-state index >= 15 is 0 Å². The molecule has 3 rings (SSSR count). The molecule has 28 heavy (non-hydrogen) atoms. The number of carbonyl (C=O) groups is 1. The third-order valence-electron chi connectivity index (χ3n) is 4.01. The molecule has 0 aliphatic rings. The molecule has 0 aliphatic carbocycles. The first-order valence-electron chi connectivity index (χ1n) is 9.27. The number of nitrogens with one attached hydrogen (secondary N) is 1. The van der Waals surface area contributed by atoms with Gasteiger partial charge in [-0.05, 0) is 51.0 Å². The van der Waals surface area contributed by atoms with E-state index in [0.717, 1.165) is 17.7 Å². The summed E-state index contributed by atoms with van der Waals surface area (Å²) in [6.45, 7) is 8.03. The lowest BCUT2D eigenvalue weighted by Crippen LogP contribution is -2.41. The summed E-state index contributed by atoms with van der Waals surface area (Å²) in [7, 11) is 0. The Kier molecular flexibility index (Phi) is 6.14. The van der Waals surface area contributed by atoms with E-state index in [1.807, 2.05) is 49.6 Å². The number of carbonyl (C=O) groups excluding carboxylic acids is 1. The van der Waals surface area contributed by atoms with Crippen LogP contribution in [-0.4, -0.2) is 36.9 Å². The number of aryl methyl sites for hydroxylation is 1. The fourth-order valence-electron chi connectivity index (χ4n) is 2.87. The monoisotopic (exact) mass is 395 g/mol. The van der Waals surface area contributed by atoms with Gasteiger partial charge in [-0.1, -0.05) is 36.9 Å². The van der Waals surface area contributed by atoms with E-state index in [9.17, 15) is 4.79 Å². The normalized spacial score (nSPS) is 11.4. The first-order valence-corrected chi connectivity index (χ1v) is 10.3. The van der Waals surface area contributed by atoms with E-state index in [-0.39, 0.29) is 17.2 Å². The Balaban J connectivity index is 1.99. The highest BCUT2D eigenvalue weighted by atomic mass is 32.2. The van der Waals surface area contributed by atoms with Crippen LogP contribution in [0.2, 0.25) is 0 Å². The number of hydrogen-bond donors (Lipinski definition) is 1. The standard InChI is InChI=1S/C21H25N5OS/c1-5-15-9-6-7-11-17(15)26-19(16-10-8-12-22-13-16)24-25-20(26)28-14-18(27)23-21(2,3)4/h6-13H,5,14H2,1-4H3,(H,23,27). The zero-order valence-electron chi connectivity index (χ0n) is 16.6. The second-order valence-corrected chi connectivity index (χ2v) is 8.39. The van der Waals surface area contributed by atoms with E-state index < -0.39 is 0 Å². The fourth-order valence-corrected chi connectivity index (χ4v) is 3.62. The van der Waals surface area contributed by atoms with Gasteiger partial charge < -0.3 is 5.32 Å². The molecule has 0 radical (unpaired) electrons. The largest absolute Gasteiger partial charge is 0.351 e. The van der Waals surface area contributed by atoms with Gasteiger partial charge in [0.15, 0.2) is 11.0 Å². The van der Waals surface area contributed by atoms with Crippen LogP contribution in [0.3, 0.4) is 0 Å². The van der Waals surface area contributed by atoms with Crippen LogP contribution in [0, 0.1) is 0 Å². The number of aromatic nitrogens is 4. The van der Waals surface area contributed by atoms with Crippen LogP contribution in [0.4, 0.5) is 0 Å². The Hall–Kier alpha value is -2.67. The van der Waals surface area contributed by atoms with Crippen LogP contribution in [0.1, 0.15) is 33.3 Å². The van der Waals surface area contributed by atoms with E-state index in [1.54, 1.807) is 12.4 Å². The van der Waals surface area contributed by atoms with Gasteiger partial charge in [-0.15, -0.1) is 10.2 Å².